The molecule has 140 valence electrons. The number of benzene rings is 1. The molecule has 0 N–H and O–H groups in total. The summed E-state index contributed by atoms with van der Waals surface area (Å²) in [6, 6.07) is 2.39. The van der Waals surface area contributed by atoms with Crippen molar-refractivity contribution in [2.45, 2.75) is 65.0 Å². The normalized spacial score (nSPS) is 17.5. The molecule has 0 saturated heterocycles. The highest BCUT2D eigenvalue weighted by Crippen LogP contribution is 2.39. The smallest absolute Gasteiger partial charge is 0.419 e. The number of ether oxygens (including phenoxy) is 2. The third-order valence-electron chi connectivity index (χ3n) is 4.08. The molecule has 1 aliphatic carbocycles. The summed E-state index contributed by atoms with van der Waals surface area (Å²) in [5.74, 6) is -2.13. The summed E-state index contributed by atoms with van der Waals surface area (Å²) in [7, 11) is 0. The van der Waals surface area contributed by atoms with Gasteiger partial charge in [-0.05, 0) is 25.0 Å². The number of carbonyl (C=O) groups excluding carboxylic acids is 1. The van der Waals surface area contributed by atoms with Crippen LogP contribution in [0.4, 0.5) is 13.2 Å². The molecule has 1 saturated carbocycles. The molecule has 1 aliphatic rings. The van der Waals surface area contributed by atoms with Gasteiger partial charge in [0.05, 0.1) is 17.6 Å². The maximum atomic E-state index is 13.2. The van der Waals surface area contributed by atoms with Gasteiger partial charge in [0.15, 0.2) is 0 Å². The number of alkyl halides is 3. The Morgan fingerprint density at radius 2 is 1.80 bits per heavy atom. The van der Waals surface area contributed by atoms with E-state index >= 15 is 0 Å². The number of carboxylic acid groups (broad SMARTS) is 1. The molecular formula is C18H22F3O4-. The van der Waals surface area contributed by atoms with Gasteiger partial charge in [-0.3, -0.25) is 0 Å². The van der Waals surface area contributed by atoms with Crippen LogP contribution in [0.1, 0.15) is 62.4 Å². The summed E-state index contributed by atoms with van der Waals surface area (Å²) in [5, 5.41) is 11.0. The van der Waals surface area contributed by atoms with Gasteiger partial charge in [-0.1, -0.05) is 39.7 Å². The standard InChI is InChI=1S/C18H23F3O4/c1-17(2,3)16(24-12-6-4-5-7-12)25-14-10-11(15(22)23)8-9-13(14)18(19,20)21/h8-10,12,16H,4-7H2,1-3H3,(H,22,23)/p-1. The van der Waals surface area contributed by atoms with E-state index in [0.29, 0.717) is 6.07 Å². The maximum absolute atomic E-state index is 13.2. The van der Waals surface area contributed by atoms with E-state index in [-0.39, 0.29) is 11.7 Å². The van der Waals surface area contributed by atoms with Crippen LogP contribution in [0.25, 0.3) is 0 Å². The Morgan fingerprint density at radius 1 is 1.20 bits per heavy atom. The summed E-state index contributed by atoms with van der Waals surface area (Å²) < 4.78 is 51.2. The van der Waals surface area contributed by atoms with Gasteiger partial charge in [-0.15, -0.1) is 0 Å². The van der Waals surface area contributed by atoms with Crippen molar-refractivity contribution >= 4 is 5.97 Å². The molecule has 1 fully saturated rings. The van der Waals surface area contributed by atoms with E-state index in [2.05, 4.69) is 0 Å². The average molecular weight is 359 g/mol. The van der Waals surface area contributed by atoms with Crippen LogP contribution in [0.5, 0.6) is 5.75 Å². The molecule has 0 radical (unpaired) electrons. The van der Waals surface area contributed by atoms with Crippen molar-refractivity contribution in [3.05, 3.63) is 29.3 Å². The van der Waals surface area contributed by atoms with Gasteiger partial charge >= 0.3 is 6.18 Å². The average Bonchev–Trinajstić information content (AvgIpc) is 2.97. The quantitative estimate of drug-likeness (QED) is 0.751. The molecule has 1 aromatic rings. The fourth-order valence-electron chi connectivity index (χ4n) is 2.70. The molecule has 0 spiro atoms. The summed E-state index contributed by atoms with van der Waals surface area (Å²) in [6.45, 7) is 5.38. The van der Waals surface area contributed by atoms with Crippen LogP contribution in [-0.4, -0.2) is 18.4 Å². The zero-order valence-corrected chi connectivity index (χ0v) is 14.5. The van der Waals surface area contributed by atoms with Crippen LogP contribution in [0.3, 0.4) is 0 Å². The lowest BCUT2D eigenvalue weighted by molar-refractivity contribution is -0.255. The number of hydrogen-bond acceptors (Lipinski definition) is 4. The number of carbonyl (C=O) groups is 1. The van der Waals surface area contributed by atoms with Crippen molar-refractivity contribution < 1.29 is 32.5 Å². The number of halogens is 3. The van der Waals surface area contributed by atoms with Crippen LogP contribution >= 0.6 is 0 Å². The van der Waals surface area contributed by atoms with Crippen molar-refractivity contribution in [2.75, 3.05) is 0 Å². The van der Waals surface area contributed by atoms with Gasteiger partial charge in [0.1, 0.15) is 5.75 Å². The maximum Gasteiger partial charge on any atom is 0.419 e. The van der Waals surface area contributed by atoms with Crippen LogP contribution in [0.15, 0.2) is 18.2 Å². The number of carboxylic acids is 1. The lowest BCUT2D eigenvalue weighted by Gasteiger charge is -2.34. The van der Waals surface area contributed by atoms with E-state index in [9.17, 15) is 23.1 Å². The van der Waals surface area contributed by atoms with E-state index in [1.54, 1.807) is 20.8 Å². The van der Waals surface area contributed by atoms with E-state index < -0.39 is 35.2 Å². The zero-order chi connectivity index (χ0) is 18.8. The first-order chi connectivity index (χ1) is 11.5. The molecule has 7 heteroatoms. The predicted octanol–water partition coefficient (Wildman–Crippen LogP) is 3.78. The second kappa shape index (κ2) is 7.23. The second-order valence-electron chi connectivity index (χ2n) is 7.35. The predicted molar refractivity (Wildman–Crippen MR) is 83.0 cm³/mol. The first-order valence-electron chi connectivity index (χ1n) is 8.23. The van der Waals surface area contributed by atoms with Crippen LogP contribution in [-0.2, 0) is 10.9 Å². The van der Waals surface area contributed by atoms with Crippen molar-refractivity contribution in [2.24, 2.45) is 5.41 Å². The molecule has 1 aromatic carbocycles. The van der Waals surface area contributed by atoms with Gasteiger partial charge in [0.2, 0.25) is 6.29 Å². The Kier molecular flexibility index (Phi) is 5.66. The molecule has 4 nitrogen and oxygen atoms in total. The molecule has 1 unspecified atom stereocenters. The molecule has 0 amide bonds. The fourth-order valence-corrected chi connectivity index (χ4v) is 2.70. The van der Waals surface area contributed by atoms with E-state index in [0.717, 1.165) is 37.8 Å². The topological polar surface area (TPSA) is 58.6 Å². The minimum absolute atomic E-state index is 0.0668. The summed E-state index contributed by atoms with van der Waals surface area (Å²) in [6.07, 6.45) is -1.99. The van der Waals surface area contributed by atoms with Crippen LogP contribution < -0.4 is 9.84 Å². The molecule has 0 bridgehead atoms. The molecule has 0 aliphatic heterocycles. The zero-order valence-electron chi connectivity index (χ0n) is 14.5. The highest BCUT2D eigenvalue weighted by Gasteiger charge is 2.37. The number of aromatic carboxylic acids is 1. The Balaban J connectivity index is 2.35. The molecule has 2 rings (SSSR count). The summed E-state index contributed by atoms with van der Waals surface area (Å²) >= 11 is 0. The van der Waals surface area contributed by atoms with E-state index in [1.807, 2.05) is 0 Å². The first-order valence-corrected chi connectivity index (χ1v) is 8.23. The Morgan fingerprint density at radius 3 is 2.28 bits per heavy atom. The second-order valence-corrected chi connectivity index (χ2v) is 7.35. The third kappa shape index (κ3) is 5.11. The summed E-state index contributed by atoms with van der Waals surface area (Å²) in [5.41, 5.74) is -2.01. The van der Waals surface area contributed by atoms with Gasteiger partial charge in [-0.2, -0.15) is 13.2 Å². The van der Waals surface area contributed by atoms with Crippen LogP contribution in [0.2, 0.25) is 0 Å². The fraction of sp³-hybridized carbons (Fsp3) is 0.611. The lowest BCUT2D eigenvalue weighted by atomic mass is 9.95. The van der Waals surface area contributed by atoms with Gasteiger partial charge in [0.25, 0.3) is 0 Å². The summed E-state index contributed by atoms with van der Waals surface area (Å²) in [4.78, 5) is 11.0. The Hall–Kier alpha value is -1.76. The SMILES string of the molecule is CC(C)(C)C(Oc1cc(C(=O)[O-])ccc1C(F)(F)F)OC1CCCC1. The third-order valence-corrected chi connectivity index (χ3v) is 4.08. The highest BCUT2D eigenvalue weighted by molar-refractivity contribution is 5.86. The largest absolute Gasteiger partial charge is 0.545 e. The van der Waals surface area contributed by atoms with Gasteiger partial charge in [-0.25, -0.2) is 0 Å². The monoisotopic (exact) mass is 359 g/mol. The molecule has 0 aromatic heterocycles. The van der Waals surface area contributed by atoms with E-state index in [4.69, 9.17) is 9.47 Å². The highest BCUT2D eigenvalue weighted by atomic mass is 19.4. The van der Waals surface area contributed by atoms with Crippen molar-refractivity contribution in [3.63, 3.8) is 0 Å². The molecular weight excluding hydrogens is 337 g/mol. The molecule has 1 atom stereocenters. The van der Waals surface area contributed by atoms with Gasteiger partial charge < -0.3 is 19.4 Å². The van der Waals surface area contributed by atoms with Crippen molar-refractivity contribution in [3.8, 4) is 5.75 Å². The minimum Gasteiger partial charge on any atom is -0.545 e. The van der Waals surface area contributed by atoms with Crippen molar-refractivity contribution in [1.29, 1.82) is 0 Å². The number of rotatable bonds is 5. The Labute approximate surface area is 144 Å². The van der Waals surface area contributed by atoms with Crippen molar-refractivity contribution in [1.82, 2.24) is 0 Å². The minimum atomic E-state index is -4.67. The van der Waals surface area contributed by atoms with Gasteiger partial charge in [0, 0.05) is 11.0 Å². The van der Waals surface area contributed by atoms with Crippen LogP contribution in [0, 0.1) is 5.41 Å². The number of hydrogen-bond donors (Lipinski definition) is 0. The lowest BCUT2D eigenvalue weighted by Crippen LogP contribution is -2.38. The van der Waals surface area contributed by atoms with E-state index in [1.165, 1.54) is 0 Å². The molecule has 0 heterocycles. The first kappa shape index (κ1) is 19.6. The Bertz CT molecular complexity index is 614. The molecule has 25 heavy (non-hydrogen) atoms.